The number of hydrazine groups is 1. The maximum absolute atomic E-state index is 12.0. The van der Waals surface area contributed by atoms with Crippen LogP contribution in [0.2, 0.25) is 10.0 Å². The molecule has 24 heavy (non-hydrogen) atoms. The topological polar surface area (TPSA) is 42.0 Å². The van der Waals surface area contributed by atoms with Crippen LogP contribution >= 0.6 is 50.9 Å². The summed E-state index contributed by atoms with van der Waals surface area (Å²) in [6, 6.07) is 5.39. The fourth-order valence-electron chi connectivity index (χ4n) is 2.10. The first kappa shape index (κ1) is 19.3. The molecule has 5 nitrogen and oxygen atoms in total. The molecule has 0 radical (unpaired) electrons. The molecule has 1 heterocycles. The standard InChI is InChI=1S/C15H15BrCl2N2O3S/c1-19(12(7-22-2)15(21)23-3)20-8-24-14(16)13(20)9-4-5-10(17)11(18)6-9/h4-7H,8H2,1-3H3. The molecule has 130 valence electrons. The molecule has 1 aromatic rings. The van der Waals surface area contributed by atoms with Crippen LogP contribution in [0.25, 0.3) is 5.70 Å². The predicted molar refractivity (Wildman–Crippen MR) is 101 cm³/mol. The van der Waals surface area contributed by atoms with Crippen molar-refractivity contribution in [2.24, 2.45) is 0 Å². The first-order valence-corrected chi connectivity index (χ1v) is 9.24. The molecular formula is C15H15BrCl2N2O3S. The van der Waals surface area contributed by atoms with Gasteiger partial charge in [0.15, 0.2) is 5.70 Å². The molecule has 0 atom stereocenters. The summed E-state index contributed by atoms with van der Waals surface area (Å²) in [4.78, 5) is 12.0. The SMILES string of the molecule is COC=C(C(=O)OC)N(C)N1CSC(Br)=C1c1ccc(Cl)c(Cl)c1. The summed E-state index contributed by atoms with van der Waals surface area (Å²) in [5, 5.41) is 4.53. The second kappa shape index (κ2) is 8.38. The van der Waals surface area contributed by atoms with E-state index >= 15 is 0 Å². The Balaban J connectivity index is 2.40. The van der Waals surface area contributed by atoms with Crippen molar-refractivity contribution >= 4 is 62.6 Å². The molecule has 0 saturated carbocycles. The smallest absolute Gasteiger partial charge is 0.359 e. The van der Waals surface area contributed by atoms with Crippen molar-refractivity contribution in [3.63, 3.8) is 0 Å². The van der Waals surface area contributed by atoms with Crippen LogP contribution in [-0.4, -0.2) is 43.1 Å². The van der Waals surface area contributed by atoms with Crippen LogP contribution in [0.1, 0.15) is 5.56 Å². The number of methoxy groups -OCH3 is 2. The number of nitrogens with zero attached hydrogens (tertiary/aromatic N) is 2. The Morgan fingerprint density at radius 3 is 2.67 bits per heavy atom. The van der Waals surface area contributed by atoms with Crippen LogP contribution in [0.5, 0.6) is 0 Å². The highest BCUT2D eigenvalue weighted by atomic mass is 79.9. The summed E-state index contributed by atoms with van der Waals surface area (Å²) in [6.45, 7) is 0. The van der Waals surface area contributed by atoms with Gasteiger partial charge in [-0.25, -0.2) is 4.79 Å². The largest absolute Gasteiger partial charge is 0.502 e. The number of carbonyl (C=O) groups is 1. The van der Waals surface area contributed by atoms with Crippen molar-refractivity contribution in [2.45, 2.75) is 0 Å². The summed E-state index contributed by atoms with van der Waals surface area (Å²) in [6.07, 6.45) is 1.34. The highest BCUT2D eigenvalue weighted by Crippen LogP contribution is 2.43. The van der Waals surface area contributed by atoms with E-state index in [1.165, 1.54) is 20.5 Å². The van der Waals surface area contributed by atoms with E-state index in [1.54, 1.807) is 36.0 Å². The third-order valence-electron chi connectivity index (χ3n) is 3.29. The number of rotatable bonds is 5. The Morgan fingerprint density at radius 1 is 1.38 bits per heavy atom. The molecule has 0 unspecified atom stereocenters. The van der Waals surface area contributed by atoms with E-state index in [0.29, 0.717) is 15.9 Å². The zero-order valence-electron chi connectivity index (χ0n) is 13.2. The molecule has 0 amide bonds. The monoisotopic (exact) mass is 452 g/mol. The summed E-state index contributed by atoms with van der Waals surface area (Å²) >= 11 is 17.3. The van der Waals surface area contributed by atoms with Gasteiger partial charge >= 0.3 is 5.97 Å². The van der Waals surface area contributed by atoms with Crippen LogP contribution in [0, 0.1) is 0 Å². The molecule has 0 aliphatic carbocycles. The van der Waals surface area contributed by atoms with Crippen LogP contribution < -0.4 is 0 Å². The van der Waals surface area contributed by atoms with Crippen molar-refractivity contribution in [2.75, 3.05) is 27.1 Å². The number of benzene rings is 1. The minimum absolute atomic E-state index is 0.264. The molecule has 1 aliphatic heterocycles. The molecule has 0 aromatic heterocycles. The lowest BCUT2D eigenvalue weighted by molar-refractivity contribution is -0.139. The summed E-state index contributed by atoms with van der Waals surface area (Å²) in [7, 11) is 4.55. The lowest BCUT2D eigenvalue weighted by Crippen LogP contribution is -2.38. The molecule has 0 fully saturated rings. The lowest BCUT2D eigenvalue weighted by atomic mass is 10.2. The highest BCUT2D eigenvalue weighted by molar-refractivity contribution is 9.14. The van der Waals surface area contributed by atoms with Crippen molar-refractivity contribution in [3.05, 3.63) is 49.6 Å². The Morgan fingerprint density at radius 2 is 2.08 bits per heavy atom. The quantitative estimate of drug-likeness (QED) is 0.370. The lowest BCUT2D eigenvalue weighted by Gasteiger charge is -2.33. The molecule has 0 saturated heterocycles. The summed E-state index contributed by atoms with van der Waals surface area (Å²) in [5.41, 5.74) is 2.00. The zero-order chi connectivity index (χ0) is 17.9. The van der Waals surface area contributed by atoms with Crippen LogP contribution in [0.4, 0.5) is 0 Å². The van der Waals surface area contributed by atoms with Gasteiger partial charge < -0.3 is 9.47 Å². The number of likely N-dealkylation sites (N-methyl/N-ethyl adjacent to an activating group) is 1. The van der Waals surface area contributed by atoms with Crippen molar-refractivity contribution < 1.29 is 14.3 Å². The van der Waals surface area contributed by atoms with Gasteiger partial charge in [-0.1, -0.05) is 41.0 Å². The zero-order valence-corrected chi connectivity index (χ0v) is 17.1. The first-order chi connectivity index (χ1) is 11.4. The van der Waals surface area contributed by atoms with E-state index in [1.807, 2.05) is 11.1 Å². The fourth-order valence-corrected chi connectivity index (χ4v) is 4.03. The Kier molecular flexibility index (Phi) is 6.74. The van der Waals surface area contributed by atoms with Gasteiger partial charge in [0.25, 0.3) is 0 Å². The van der Waals surface area contributed by atoms with Crippen LogP contribution in [-0.2, 0) is 14.3 Å². The maximum atomic E-state index is 12.0. The van der Waals surface area contributed by atoms with Gasteiger partial charge in [0.2, 0.25) is 0 Å². The van der Waals surface area contributed by atoms with Gasteiger partial charge in [0, 0.05) is 12.6 Å². The van der Waals surface area contributed by atoms with E-state index in [9.17, 15) is 4.79 Å². The van der Waals surface area contributed by atoms with Crippen molar-refractivity contribution in [3.8, 4) is 0 Å². The third-order valence-corrected chi connectivity index (χ3v) is 5.91. The number of esters is 1. The highest BCUT2D eigenvalue weighted by Gasteiger charge is 2.30. The van der Waals surface area contributed by atoms with E-state index in [4.69, 9.17) is 32.7 Å². The molecule has 9 heteroatoms. The Labute approximate surface area is 163 Å². The number of ether oxygens (including phenoxy) is 2. The van der Waals surface area contributed by atoms with Crippen molar-refractivity contribution in [1.82, 2.24) is 10.0 Å². The van der Waals surface area contributed by atoms with Crippen LogP contribution in [0.15, 0.2) is 34.0 Å². The normalized spacial score (nSPS) is 14.9. The number of hydrogen-bond acceptors (Lipinski definition) is 6. The number of carbonyl (C=O) groups excluding carboxylic acids is 1. The van der Waals surface area contributed by atoms with Gasteiger partial charge in [-0.2, -0.15) is 0 Å². The minimum Gasteiger partial charge on any atom is -0.502 e. The maximum Gasteiger partial charge on any atom is 0.359 e. The summed E-state index contributed by atoms with van der Waals surface area (Å²) < 4.78 is 10.8. The molecule has 0 bridgehead atoms. The van der Waals surface area contributed by atoms with E-state index in [0.717, 1.165) is 15.1 Å². The Bertz CT molecular complexity index is 712. The van der Waals surface area contributed by atoms with E-state index in [2.05, 4.69) is 15.9 Å². The molecule has 0 N–H and O–H groups in total. The number of halogens is 3. The third kappa shape index (κ3) is 3.96. The number of thioether (sulfide) groups is 1. The average Bonchev–Trinajstić information content (AvgIpc) is 2.95. The van der Waals surface area contributed by atoms with Gasteiger partial charge in [0.05, 0.1) is 39.7 Å². The average molecular weight is 454 g/mol. The van der Waals surface area contributed by atoms with Crippen LogP contribution in [0.3, 0.4) is 0 Å². The second-order valence-corrected chi connectivity index (χ2v) is 7.77. The van der Waals surface area contributed by atoms with Gasteiger partial charge in [-0.3, -0.25) is 10.0 Å². The van der Waals surface area contributed by atoms with Gasteiger partial charge in [0.1, 0.15) is 6.26 Å². The predicted octanol–water partition coefficient (Wildman–Crippen LogP) is 4.53. The molecule has 1 aliphatic rings. The van der Waals surface area contributed by atoms with Crippen molar-refractivity contribution in [1.29, 1.82) is 0 Å². The second-order valence-electron chi connectivity index (χ2n) is 4.68. The van der Waals surface area contributed by atoms with Gasteiger partial charge in [-0.15, -0.1) is 0 Å². The molecular weight excluding hydrogens is 439 g/mol. The Hall–Kier alpha value is -1.02. The summed E-state index contributed by atoms with van der Waals surface area (Å²) in [5.74, 6) is 0.103. The fraction of sp³-hybridized carbons (Fsp3) is 0.267. The molecule has 2 rings (SSSR count). The molecule has 1 aromatic carbocycles. The minimum atomic E-state index is -0.499. The van der Waals surface area contributed by atoms with Gasteiger partial charge in [-0.05, 0) is 28.1 Å². The number of hydrogen-bond donors (Lipinski definition) is 0. The van der Waals surface area contributed by atoms with E-state index < -0.39 is 5.97 Å². The van der Waals surface area contributed by atoms with E-state index in [-0.39, 0.29) is 5.70 Å². The first-order valence-electron chi connectivity index (χ1n) is 6.71. The molecule has 0 spiro atoms.